The molecule has 0 amide bonds. The van der Waals surface area contributed by atoms with Crippen LogP contribution in [0.1, 0.15) is 69.5 Å². The first kappa shape index (κ1) is 59.1. The summed E-state index contributed by atoms with van der Waals surface area (Å²) in [5.41, 5.74) is 27.6. The SMILES string of the molecule is COc1c[c-]c(C(N)(c2ccc(OC)cc2)[C@H](N)C(C)C)cc1.Cc1cc(C)cc([PH+](c2cc(C)cc(C)c2)c2ccc3ccccc3c2-c2c([PH+](c3cc(C)cc(C)c3)c3cc(C)cc(C)c3)ccc3ccccc23)c1.[Cl][Ru+3]. The van der Waals surface area contributed by atoms with Gasteiger partial charge in [0.2, 0.25) is 0 Å². The third-order valence-corrected chi connectivity index (χ3v) is 20.3. The quantitative estimate of drug-likeness (QED) is 0.0686. The molecule has 0 saturated heterocycles. The van der Waals surface area contributed by atoms with E-state index in [1.54, 1.807) is 20.3 Å². The van der Waals surface area contributed by atoms with Crippen LogP contribution in [-0.4, -0.2) is 20.3 Å². The number of hydrogen-bond donors (Lipinski definition) is 2. The van der Waals surface area contributed by atoms with E-state index in [0.29, 0.717) is 0 Å². The Morgan fingerprint density at radius 1 is 0.456 bits per heavy atom. The van der Waals surface area contributed by atoms with Gasteiger partial charge in [0.05, 0.1) is 35.6 Å². The number of aryl methyl sites for hydroxylation is 8. The van der Waals surface area contributed by atoms with E-state index >= 15 is 0 Å². The summed E-state index contributed by atoms with van der Waals surface area (Å²) in [6.07, 6.45) is 0. The van der Waals surface area contributed by atoms with E-state index in [0.717, 1.165) is 22.6 Å². The number of benzene rings is 10. The molecule has 402 valence electrons. The molecule has 1 unspecified atom stereocenters. The van der Waals surface area contributed by atoms with Gasteiger partial charge >= 0.3 is 27.0 Å². The Labute approximate surface area is 487 Å². The minimum absolute atomic E-state index is 0.206. The molecule has 79 heavy (non-hydrogen) atoms. The zero-order valence-corrected chi connectivity index (χ0v) is 52.2. The molecule has 0 fully saturated rings. The molecular weight excluding hydrogens is 1110 g/mol. The molecule has 0 aliphatic carbocycles. The fourth-order valence-corrected chi connectivity index (χ4v) is 18.1. The van der Waals surface area contributed by atoms with Gasteiger partial charge in [-0.25, -0.2) is 0 Å². The van der Waals surface area contributed by atoms with Gasteiger partial charge in [0.1, 0.15) is 37.6 Å². The van der Waals surface area contributed by atoms with E-state index in [9.17, 15) is 0 Å². The van der Waals surface area contributed by atoms with Gasteiger partial charge in [0, 0.05) is 22.9 Å². The van der Waals surface area contributed by atoms with Gasteiger partial charge in [-0.05, 0) is 206 Å². The van der Waals surface area contributed by atoms with Gasteiger partial charge in [-0.3, -0.25) is 0 Å². The Balaban J connectivity index is 0.000000275. The van der Waals surface area contributed by atoms with Crippen LogP contribution in [0.15, 0.2) is 188 Å². The van der Waals surface area contributed by atoms with Crippen LogP contribution in [0.2, 0.25) is 0 Å². The van der Waals surface area contributed by atoms with Crippen molar-refractivity contribution in [3.8, 4) is 22.6 Å². The van der Waals surface area contributed by atoms with Crippen molar-refractivity contribution < 1.29 is 26.8 Å². The zero-order valence-electron chi connectivity index (χ0n) is 47.8. The summed E-state index contributed by atoms with van der Waals surface area (Å²) in [6.45, 7) is 22.2. The van der Waals surface area contributed by atoms with Crippen molar-refractivity contribution >= 4 is 78.9 Å². The monoisotopic (exact) mass is 1190 g/mol. The van der Waals surface area contributed by atoms with Crippen molar-refractivity contribution in [1.29, 1.82) is 0 Å². The fourth-order valence-electron chi connectivity index (χ4n) is 11.6. The molecule has 10 rings (SSSR count). The topological polar surface area (TPSA) is 70.5 Å². The van der Waals surface area contributed by atoms with Gasteiger partial charge in [-0.2, -0.15) is 12.1 Å². The van der Waals surface area contributed by atoms with E-state index in [1.165, 1.54) is 109 Å². The van der Waals surface area contributed by atoms with Gasteiger partial charge in [-0.15, -0.1) is 17.7 Å². The first-order chi connectivity index (χ1) is 37.9. The minimum atomic E-state index is -1.49. The van der Waals surface area contributed by atoms with Crippen molar-refractivity contribution in [2.75, 3.05) is 14.2 Å². The second-order valence-corrected chi connectivity index (χ2v) is 26.6. The van der Waals surface area contributed by atoms with E-state index in [2.05, 4.69) is 231 Å². The molecule has 0 saturated carbocycles. The molecule has 0 bridgehead atoms. The van der Waals surface area contributed by atoms with Crippen LogP contribution >= 0.6 is 25.5 Å². The summed E-state index contributed by atoms with van der Waals surface area (Å²) in [5, 5.41) is 13.9. The van der Waals surface area contributed by atoms with Crippen LogP contribution in [0.3, 0.4) is 0 Å². The molecule has 0 aliphatic heterocycles. The van der Waals surface area contributed by atoms with Crippen molar-refractivity contribution in [3.63, 3.8) is 0 Å². The van der Waals surface area contributed by atoms with Gasteiger partial charge in [0.25, 0.3) is 0 Å². The first-order valence-electron chi connectivity index (χ1n) is 27.0. The van der Waals surface area contributed by atoms with Crippen molar-refractivity contribution in [1.82, 2.24) is 0 Å². The summed E-state index contributed by atoms with van der Waals surface area (Å²) < 4.78 is 10.4. The molecule has 4 N–H and O–H groups in total. The standard InChI is InChI=1S/C52H48P2.C19H25N2O2.ClH.Ru/c1-33-21-34(2)26-43(25-33)53(44-27-35(3)22-36(4)28-44)49-19-17-41-13-9-11-15-47(41)51(49)52-48-16-12-10-14-42(48)18-20-50(52)54(45-29-37(5)23-38(6)30-45)46-31-39(7)24-40(8)32-46;1-13(2)18(20)19(21,14-5-9-16(22-3)10-6-14)15-7-11-17(23-4)12-8-15;;/h9-32H,1-8H3;5-7,9-13,18H,20-21H2,1-4H3;1H;/q;-1;;+4/p+1/t;18-,19?;;/m.1../s1. The Kier molecular flexibility index (Phi) is 19.5. The number of nitrogens with two attached hydrogens (primary N) is 2. The van der Waals surface area contributed by atoms with Crippen LogP contribution in [0, 0.1) is 67.4 Å². The third-order valence-electron chi connectivity index (χ3n) is 15.0. The van der Waals surface area contributed by atoms with Crippen LogP contribution in [-0.2, 0) is 22.9 Å². The van der Waals surface area contributed by atoms with Crippen LogP contribution in [0.25, 0.3) is 32.7 Å². The Morgan fingerprint density at radius 3 is 1.11 bits per heavy atom. The second kappa shape index (κ2) is 26.1. The maximum absolute atomic E-state index is 6.83. The van der Waals surface area contributed by atoms with Crippen molar-refractivity contribution in [2.24, 2.45) is 17.4 Å². The average Bonchev–Trinajstić information content (AvgIpc) is 3.63. The van der Waals surface area contributed by atoms with E-state index in [1.807, 2.05) is 53.7 Å². The van der Waals surface area contributed by atoms with E-state index in [-0.39, 0.29) is 12.0 Å². The van der Waals surface area contributed by atoms with Gasteiger partial charge in [0.15, 0.2) is 0 Å². The Hall–Kier alpha value is -5.99. The molecule has 0 aromatic heterocycles. The molecule has 2 atom stereocenters. The zero-order chi connectivity index (χ0) is 56.7. The second-order valence-electron chi connectivity index (χ2n) is 21.7. The number of fused-ring (bicyclic) bond motifs is 2. The number of rotatable bonds is 13. The maximum atomic E-state index is 6.83. The molecular formula is C71H75ClN2O2P2Ru+4. The molecule has 0 heterocycles. The molecule has 4 nitrogen and oxygen atoms in total. The summed E-state index contributed by atoms with van der Waals surface area (Å²) in [7, 11) is 4.86. The van der Waals surface area contributed by atoms with E-state index in [4.69, 9.17) is 20.9 Å². The third kappa shape index (κ3) is 13.1. The predicted molar refractivity (Wildman–Crippen MR) is 343 cm³/mol. The van der Waals surface area contributed by atoms with E-state index < -0.39 is 21.4 Å². The fraction of sp³-hybridized carbons (Fsp3) is 0.211. The van der Waals surface area contributed by atoms with Crippen LogP contribution < -0.4 is 52.8 Å². The summed E-state index contributed by atoms with van der Waals surface area (Å²) in [6, 6.07) is 73.2. The predicted octanol–water partition coefficient (Wildman–Crippen LogP) is 14.5. The number of hydrogen-bond acceptors (Lipinski definition) is 4. The Morgan fingerprint density at radius 2 is 0.797 bits per heavy atom. The van der Waals surface area contributed by atoms with Crippen LogP contribution in [0.5, 0.6) is 11.5 Å². The molecule has 10 aromatic rings. The number of methoxy groups -OCH3 is 2. The van der Waals surface area contributed by atoms with Crippen molar-refractivity contribution in [3.05, 3.63) is 250 Å². The number of halogens is 1. The van der Waals surface area contributed by atoms with Crippen molar-refractivity contribution in [2.45, 2.75) is 80.8 Å². The first-order valence-corrected chi connectivity index (χ1v) is 32.2. The molecule has 0 aliphatic rings. The number of ether oxygens (including phenoxy) is 2. The normalized spacial score (nSPS) is 12.4. The summed E-state index contributed by atoms with van der Waals surface area (Å²) in [4.78, 5) is 0. The molecule has 0 spiro atoms. The molecule has 0 radical (unpaired) electrons. The van der Waals surface area contributed by atoms with Gasteiger partial charge < -0.3 is 20.9 Å². The molecule has 10 aromatic carbocycles. The summed E-state index contributed by atoms with van der Waals surface area (Å²) >= 11 is 1.82. The van der Waals surface area contributed by atoms with Gasteiger partial charge in [-0.1, -0.05) is 111 Å². The summed E-state index contributed by atoms with van der Waals surface area (Å²) in [5.74, 6) is 1.73. The Bertz CT molecular complexity index is 3330. The van der Waals surface area contributed by atoms with Crippen LogP contribution in [0.4, 0.5) is 0 Å². The average molecular weight is 1190 g/mol. The molecule has 8 heteroatoms.